The Hall–Kier alpha value is -0.200. The van der Waals surface area contributed by atoms with Crippen LogP contribution >= 0.6 is 0 Å². The van der Waals surface area contributed by atoms with E-state index in [0.29, 0.717) is 0 Å². The Balaban J connectivity index is 2.68. The first-order valence-corrected chi connectivity index (χ1v) is 4.22. The normalized spacial score (nSPS) is 46.4. The van der Waals surface area contributed by atoms with Crippen molar-refractivity contribution in [1.29, 1.82) is 0 Å². The lowest BCUT2D eigenvalue weighted by Gasteiger charge is -2.42. The lowest BCUT2D eigenvalue weighted by molar-refractivity contribution is -0.306. The molecule has 1 aliphatic heterocycles. The molecule has 13 heavy (non-hydrogen) atoms. The van der Waals surface area contributed by atoms with Crippen LogP contribution in [0.3, 0.4) is 0 Å². The van der Waals surface area contributed by atoms with Crippen molar-refractivity contribution in [2.75, 3.05) is 13.7 Å². The highest BCUT2D eigenvalue weighted by atomic mass is 16.7. The summed E-state index contributed by atoms with van der Waals surface area (Å²) < 4.78 is 10.3. The molecule has 3 N–H and O–H groups in total. The molecule has 5 heteroatoms. The molecule has 1 aliphatic rings. The average Bonchev–Trinajstić information content (AvgIpc) is 2.11. The molecule has 0 aromatic rings. The van der Waals surface area contributed by atoms with Gasteiger partial charge in [-0.15, -0.1) is 0 Å². The van der Waals surface area contributed by atoms with Gasteiger partial charge in [-0.3, -0.25) is 0 Å². The third-order valence-electron chi connectivity index (χ3n) is 2.37. The lowest BCUT2D eigenvalue weighted by atomic mass is 9.97. The van der Waals surface area contributed by atoms with Crippen molar-refractivity contribution >= 4 is 0 Å². The average molecular weight is 192 g/mol. The maximum atomic E-state index is 9.42. The van der Waals surface area contributed by atoms with E-state index in [1.54, 1.807) is 6.92 Å². The van der Waals surface area contributed by atoms with Crippen LogP contribution in [0.2, 0.25) is 0 Å². The minimum absolute atomic E-state index is 0.196. The van der Waals surface area contributed by atoms with Crippen LogP contribution in [-0.4, -0.2) is 53.1 Å². The fourth-order valence-electron chi connectivity index (χ4n) is 1.46. The van der Waals surface area contributed by atoms with Crippen LogP contribution in [0.25, 0.3) is 0 Å². The van der Waals surface area contributed by atoms with Crippen LogP contribution < -0.4 is 0 Å². The van der Waals surface area contributed by atoms with Gasteiger partial charge in [-0.1, -0.05) is 0 Å². The number of methoxy groups -OCH3 is 1. The van der Waals surface area contributed by atoms with Gasteiger partial charge in [0.15, 0.2) is 5.79 Å². The Morgan fingerprint density at radius 2 is 2.15 bits per heavy atom. The minimum Gasteiger partial charge on any atom is -0.394 e. The molecule has 5 nitrogen and oxygen atoms in total. The van der Waals surface area contributed by atoms with Crippen LogP contribution in [0.15, 0.2) is 0 Å². The smallest absolute Gasteiger partial charge is 0.168 e. The zero-order valence-corrected chi connectivity index (χ0v) is 7.80. The van der Waals surface area contributed by atoms with Crippen molar-refractivity contribution in [1.82, 2.24) is 0 Å². The van der Waals surface area contributed by atoms with Crippen molar-refractivity contribution in [3.8, 4) is 0 Å². The largest absolute Gasteiger partial charge is 0.394 e. The molecule has 0 spiro atoms. The van der Waals surface area contributed by atoms with E-state index in [-0.39, 0.29) is 13.0 Å². The fraction of sp³-hybridized carbons (Fsp3) is 1.00. The van der Waals surface area contributed by atoms with Gasteiger partial charge in [-0.05, 0) is 6.92 Å². The van der Waals surface area contributed by atoms with Gasteiger partial charge in [-0.25, -0.2) is 0 Å². The molecule has 0 saturated carbocycles. The van der Waals surface area contributed by atoms with E-state index in [1.165, 1.54) is 7.11 Å². The summed E-state index contributed by atoms with van der Waals surface area (Å²) in [6, 6.07) is 0. The van der Waals surface area contributed by atoms with Gasteiger partial charge in [0.25, 0.3) is 0 Å². The van der Waals surface area contributed by atoms with E-state index < -0.39 is 24.1 Å². The molecule has 0 aliphatic carbocycles. The Bertz CT molecular complexity index is 174. The SMILES string of the molecule is CO[C@]1(C)C[C@@H](O)[C@H](O)[C@@H](CO)O1. The summed E-state index contributed by atoms with van der Waals surface area (Å²) in [5.74, 6) is -0.925. The molecular formula is C8H16O5. The highest BCUT2D eigenvalue weighted by molar-refractivity contribution is 4.87. The van der Waals surface area contributed by atoms with Crippen LogP contribution in [0.5, 0.6) is 0 Å². The molecule has 0 unspecified atom stereocenters. The summed E-state index contributed by atoms with van der Waals surface area (Å²) in [6.07, 6.45) is -2.56. The second-order valence-corrected chi connectivity index (χ2v) is 3.44. The molecule has 0 aromatic carbocycles. The summed E-state index contributed by atoms with van der Waals surface area (Å²) in [7, 11) is 1.46. The first-order valence-electron chi connectivity index (χ1n) is 4.22. The van der Waals surface area contributed by atoms with E-state index in [2.05, 4.69) is 0 Å². The van der Waals surface area contributed by atoms with E-state index in [0.717, 1.165) is 0 Å². The van der Waals surface area contributed by atoms with Crippen molar-refractivity contribution < 1.29 is 24.8 Å². The quantitative estimate of drug-likeness (QED) is 0.515. The van der Waals surface area contributed by atoms with Crippen molar-refractivity contribution in [3.05, 3.63) is 0 Å². The van der Waals surface area contributed by atoms with E-state index >= 15 is 0 Å². The van der Waals surface area contributed by atoms with Gasteiger partial charge >= 0.3 is 0 Å². The van der Waals surface area contributed by atoms with Crippen molar-refractivity contribution in [2.24, 2.45) is 0 Å². The minimum atomic E-state index is -1.05. The molecular weight excluding hydrogens is 176 g/mol. The maximum Gasteiger partial charge on any atom is 0.168 e. The van der Waals surface area contributed by atoms with Crippen molar-refractivity contribution in [3.63, 3.8) is 0 Å². The summed E-state index contributed by atoms with van der Waals surface area (Å²) >= 11 is 0. The van der Waals surface area contributed by atoms with Gasteiger partial charge in [0.05, 0.1) is 12.7 Å². The molecule has 0 bridgehead atoms. The second-order valence-electron chi connectivity index (χ2n) is 3.44. The van der Waals surface area contributed by atoms with Crippen LogP contribution in [0, 0.1) is 0 Å². The molecule has 1 rings (SSSR count). The Kier molecular flexibility index (Phi) is 3.26. The monoisotopic (exact) mass is 192 g/mol. The van der Waals surface area contributed by atoms with Crippen molar-refractivity contribution in [2.45, 2.75) is 37.4 Å². The molecule has 4 atom stereocenters. The number of hydrogen-bond donors (Lipinski definition) is 3. The van der Waals surface area contributed by atoms with E-state index in [4.69, 9.17) is 14.6 Å². The number of aliphatic hydroxyl groups excluding tert-OH is 3. The molecule has 0 radical (unpaired) electrons. The molecule has 78 valence electrons. The fourth-order valence-corrected chi connectivity index (χ4v) is 1.46. The predicted octanol–water partition coefficient (Wildman–Crippen LogP) is -1.15. The number of hydrogen-bond acceptors (Lipinski definition) is 5. The Morgan fingerprint density at radius 1 is 1.54 bits per heavy atom. The zero-order valence-electron chi connectivity index (χ0n) is 7.80. The summed E-state index contributed by atoms with van der Waals surface area (Å²) in [4.78, 5) is 0. The van der Waals surface area contributed by atoms with Gasteiger partial charge in [-0.2, -0.15) is 0 Å². The third-order valence-corrected chi connectivity index (χ3v) is 2.37. The summed E-state index contributed by atoms with van der Waals surface area (Å²) in [6.45, 7) is 1.32. The summed E-state index contributed by atoms with van der Waals surface area (Å²) in [5, 5.41) is 27.7. The lowest BCUT2D eigenvalue weighted by Crippen LogP contribution is -2.55. The molecule has 0 amide bonds. The summed E-state index contributed by atoms with van der Waals surface area (Å²) in [5.41, 5.74) is 0. The van der Waals surface area contributed by atoms with Gasteiger partial charge in [0.1, 0.15) is 12.2 Å². The third kappa shape index (κ3) is 2.18. The first kappa shape index (κ1) is 10.9. The Morgan fingerprint density at radius 3 is 2.62 bits per heavy atom. The van der Waals surface area contributed by atoms with Gasteiger partial charge < -0.3 is 24.8 Å². The van der Waals surface area contributed by atoms with Crippen LogP contribution in [-0.2, 0) is 9.47 Å². The molecule has 1 saturated heterocycles. The second kappa shape index (κ2) is 3.89. The molecule has 1 heterocycles. The number of ether oxygens (including phenoxy) is 2. The predicted molar refractivity (Wildman–Crippen MR) is 44.0 cm³/mol. The Labute approximate surface area is 76.9 Å². The maximum absolute atomic E-state index is 9.42. The zero-order chi connectivity index (χ0) is 10.1. The highest BCUT2D eigenvalue weighted by Crippen LogP contribution is 2.29. The van der Waals surface area contributed by atoms with E-state index in [9.17, 15) is 10.2 Å². The van der Waals surface area contributed by atoms with Crippen LogP contribution in [0.1, 0.15) is 13.3 Å². The first-order chi connectivity index (χ1) is 6.02. The van der Waals surface area contributed by atoms with Gasteiger partial charge in [0, 0.05) is 13.5 Å². The molecule has 1 fully saturated rings. The topological polar surface area (TPSA) is 79.2 Å². The number of aliphatic hydroxyl groups is 3. The molecule has 0 aromatic heterocycles. The number of rotatable bonds is 2. The van der Waals surface area contributed by atoms with Gasteiger partial charge in [0.2, 0.25) is 0 Å². The van der Waals surface area contributed by atoms with E-state index in [1.807, 2.05) is 0 Å². The highest BCUT2D eigenvalue weighted by Gasteiger charge is 2.43. The standard InChI is InChI=1S/C8H16O5/c1-8(12-2)3-5(10)7(11)6(4-9)13-8/h5-7,9-11H,3-4H2,1-2H3/t5-,6-,7+,8+/m1/s1. The van der Waals surface area contributed by atoms with Crippen LogP contribution in [0.4, 0.5) is 0 Å².